The van der Waals surface area contributed by atoms with Crippen molar-refractivity contribution in [2.75, 3.05) is 0 Å². The Bertz CT molecular complexity index is 237. The van der Waals surface area contributed by atoms with Crippen molar-refractivity contribution in [1.29, 1.82) is 0 Å². The molecule has 0 radical (unpaired) electrons. The van der Waals surface area contributed by atoms with Crippen LogP contribution in [0.15, 0.2) is 16.6 Å². The van der Waals surface area contributed by atoms with Crippen LogP contribution in [0.1, 0.15) is 5.56 Å². The summed E-state index contributed by atoms with van der Waals surface area (Å²) in [5.41, 5.74) is 0.744. The standard InChI is InChI=1S/C7H5BrClF/c1-4-2-5(8)3-6(10)7(4)9/h2-3H,1H3. The van der Waals surface area contributed by atoms with E-state index in [-0.39, 0.29) is 10.8 Å². The van der Waals surface area contributed by atoms with Crippen LogP contribution in [0.25, 0.3) is 0 Å². The lowest BCUT2D eigenvalue weighted by Gasteiger charge is -1.98. The second kappa shape index (κ2) is 2.89. The lowest BCUT2D eigenvalue weighted by molar-refractivity contribution is 0.626. The van der Waals surface area contributed by atoms with E-state index in [0.29, 0.717) is 4.47 Å². The molecule has 54 valence electrons. The highest BCUT2D eigenvalue weighted by molar-refractivity contribution is 9.10. The normalized spacial score (nSPS) is 10.0. The molecule has 0 heterocycles. The molecule has 3 heteroatoms. The molecule has 0 fully saturated rings. The monoisotopic (exact) mass is 222 g/mol. The fraction of sp³-hybridized carbons (Fsp3) is 0.143. The molecule has 0 atom stereocenters. The van der Waals surface area contributed by atoms with Gasteiger partial charge in [-0.15, -0.1) is 0 Å². The first-order chi connectivity index (χ1) is 4.61. The molecule has 0 bridgehead atoms. The second-order valence-corrected chi connectivity index (χ2v) is 3.31. The zero-order valence-corrected chi connectivity index (χ0v) is 7.63. The van der Waals surface area contributed by atoms with Crippen LogP contribution in [0, 0.1) is 12.7 Å². The van der Waals surface area contributed by atoms with Crippen LogP contribution < -0.4 is 0 Å². The molecule has 0 N–H and O–H groups in total. The van der Waals surface area contributed by atoms with Crippen LogP contribution in [-0.2, 0) is 0 Å². The third kappa shape index (κ3) is 1.50. The summed E-state index contributed by atoms with van der Waals surface area (Å²) in [5, 5.41) is 0.197. The summed E-state index contributed by atoms with van der Waals surface area (Å²) in [6.45, 7) is 1.76. The number of aryl methyl sites for hydroxylation is 1. The molecule has 0 amide bonds. The quantitative estimate of drug-likeness (QED) is 0.590. The largest absolute Gasteiger partial charge is 0.205 e. The average molecular weight is 223 g/mol. The summed E-state index contributed by atoms with van der Waals surface area (Å²) in [5.74, 6) is -0.381. The lowest BCUT2D eigenvalue weighted by atomic mass is 10.2. The van der Waals surface area contributed by atoms with E-state index in [1.807, 2.05) is 0 Å². The Labute approximate surface area is 72.1 Å². The van der Waals surface area contributed by atoms with Gasteiger partial charge < -0.3 is 0 Å². The second-order valence-electron chi connectivity index (χ2n) is 2.02. The SMILES string of the molecule is Cc1cc(Br)cc(F)c1Cl. The van der Waals surface area contributed by atoms with Gasteiger partial charge in [-0.3, -0.25) is 0 Å². The molecular formula is C7H5BrClF. The van der Waals surface area contributed by atoms with Crippen molar-refractivity contribution in [3.05, 3.63) is 33.0 Å². The number of halogens is 3. The van der Waals surface area contributed by atoms with Crippen molar-refractivity contribution >= 4 is 27.5 Å². The Morgan fingerprint density at radius 2 is 2.10 bits per heavy atom. The molecule has 0 nitrogen and oxygen atoms in total. The molecule has 0 saturated carbocycles. The van der Waals surface area contributed by atoms with Gasteiger partial charge in [0.05, 0.1) is 5.02 Å². The minimum Gasteiger partial charge on any atom is -0.205 e. The van der Waals surface area contributed by atoms with Gasteiger partial charge in [0, 0.05) is 4.47 Å². The Morgan fingerprint density at radius 1 is 1.50 bits per heavy atom. The van der Waals surface area contributed by atoms with Crippen LogP contribution >= 0.6 is 27.5 Å². The predicted octanol–water partition coefficient (Wildman–Crippen LogP) is 3.55. The molecule has 1 aromatic carbocycles. The van der Waals surface area contributed by atoms with Gasteiger partial charge in [-0.05, 0) is 24.6 Å². The van der Waals surface area contributed by atoms with Crippen LogP contribution in [0.5, 0.6) is 0 Å². The van der Waals surface area contributed by atoms with E-state index in [2.05, 4.69) is 15.9 Å². The van der Waals surface area contributed by atoms with Gasteiger partial charge >= 0.3 is 0 Å². The van der Waals surface area contributed by atoms with Crippen LogP contribution in [0.4, 0.5) is 4.39 Å². The maximum Gasteiger partial charge on any atom is 0.143 e. The van der Waals surface area contributed by atoms with E-state index in [1.54, 1.807) is 13.0 Å². The minimum atomic E-state index is -0.381. The molecule has 1 rings (SSSR count). The molecular weight excluding hydrogens is 218 g/mol. The Kier molecular flexibility index (Phi) is 2.32. The summed E-state index contributed by atoms with van der Waals surface area (Å²) in [7, 11) is 0. The number of hydrogen-bond acceptors (Lipinski definition) is 0. The van der Waals surface area contributed by atoms with Crippen molar-refractivity contribution in [2.45, 2.75) is 6.92 Å². The third-order valence-corrected chi connectivity index (χ3v) is 2.11. The Balaban J connectivity index is 3.31. The predicted molar refractivity (Wildman–Crippen MR) is 43.8 cm³/mol. The molecule has 1 aromatic rings. The fourth-order valence-electron chi connectivity index (χ4n) is 0.685. The molecule has 0 saturated heterocycles. The van der Waals surface area contributed by atoms with Gasteiger partial charge in [0.25, 0.3) is 0 Å². The molecule has 0 aromatic heterocycles. The number of hydrogen-bond donors (Lipinski definition) is 0. The highest BCUT2D eigenvalue weighted by Crippen LogP contribution is 2.23. The van der Waals surface area contributed by atoms with E-state index in [4.69, 9.17) is 11.6 Å². The first kappa shape index (κ1) is 8.02. The molecule has 0 spiro atoms. The summed E-state index contributed by atoms with van der Waals surface area (Å²) in [6.07, 6.45) is 0. The maximum atomic E-state index is 12.7. The number of benzene rings is 1. The van der Waals surface area contributed by atoms with Gasteiger partial charge in [0.2, 0.25) is 0 Å². The van der Waals surface area contributed by atoms with E-state index < -0.39 is 0 Å². The van der Waals surface area contributed by atoms with E-state index in [1.165, 1.54) is 6.07 Å². The maximum absolute atomic E-state index is 12.7. The zero-order chi connectivity index (χ0) is 7.72. The molecule has 0 unspecified atom stereocenters. The Morgan fingerprint density at radius 3 is 2.60 bits per heavy atom. The molecule has 0 aliphatic rings. The number of rotatable bonds is 0. The molecule has 0 aliphatic carbocycles. The van der Waals surface area contributed by atoms with Crippen LogP contribution in [0.3, 0.4) is 0 Å². The van der Waals surface area contributed by atoms with Gasteiger partial charge in [-0.1, -0.05) is 27.5 Å². The highest BCUT2D eigenvalue weighted by Gasteiger charge is 2.02. The fourth-order valence-corrected chi connectivity index (χ4v) is 1.34. The van der Waals surface area contributed by atoms with Gasteiger partial charge in [0.15, 0.2) is 0 Å². The van der Waals surface area contributed by atoms with Crippen molar-refractivity contribution in [1.82, 2.24) is 0 Å². The van der Waals surface area contributed by atoms with Gasteiger partial charge in [-0.2, -0.15) is 0 Å². The Hall–Kier alpha value is -0.0800. The summed E-state index contributed by atoms with van der Waals surface area (Å²) in [4.78, 5) is 0. The van der Waals surface area contributed by atoms with Crippen molar-refractivity contribution in [3.8, 4) is 0 Å². The summed E-state index contributed by atoms with van der Waals surface area (Å²) in [6, 6.07) is 3.11. The highest BCUT2D eigenvalue weighted by atomic mass is 79.9. The minimum absolute atomic E-state index is 0.197. The topological polar surface area (TPSA) is 0 Å². The molecule has 10 heavy (non-hydrogen) atoms. The van der Waals surface area contributed by atoms with Crippen LogP contribution in [-0.4, -0.2) is 0 Å². The van der Waals surface area contributed by atoms with E-state index in [0.717, 1.165) is 5.56 Å². The first-order valence-corrected chi connectivity index (χ1v) is 3.89. The first-order valence-electron chi connectivity index (χ1n) is 2.72. The van der Waals surface area contributed by atoms with E-state index >= 15 is 0 Å². The summed E-state index contributed by atoms with van der Waals surface area (Å²) >= 11 is 8.70. The van der Waals surface area contributed by atoms with Crippen molar-refractivity contribution in [3.63, 3.8) is 0 Å². The smallest absolute Gasteiger partial charge is 0.143 e. The van der Waals surface area contributed by atoms with E-state index in [9.17, 15) is 4.39 Å². The lowest BCUT2D eigenvalue weighted by Crippen LogP contribution is -1.81. The van der Waals surface area contributed by atoms with Crippen LogP contribution in [0.2, 0.25) is 5.02 Å². The summed E-state index contributed by atoms with van der Waals surface area (Å²) < 4.78 is 13.4. The van der Waals surface area contributed by atoms with Crippen molar-refractivity contribution in [2.24, 2.45) is 0 Å². The van der Waals surface area contributed by atoms with Gasteiger partial charge in [-0.25, -0.2) is 4.39 Å². The van der Waals surface area contributed by atoms with Gasteiger partial charge in [0.1, 0.15) is 5.82 Å². The zero-order valence-electron chi connectivity index (χ0n) is 5.29. The molecule has 0 aliphatic heterocycles. The average Bonchev–Trinajstić information content (AvgIpc) is 1.82. The third-order valence-electron chi connectivity index (χ3n) is 1.17. The van der Waals surface area contributed by atoms with Crippen molar-refractivity contribution < 1.29 is 4.39 Å².